The molecule has 1 heterocycles. The number of hydrogen-bond donors (Lipinski definition) is 0. The van der Waals surface area contributed by atoms with Crippen LogP contribution in [0.1, 0.15) is 38.8 Å². The van der Waals surface area contributed by atoms with Crippen LogP contribution in [0.2, 0.25) is 0 Å². The third kappa shape index (κ3) is 8.35. The maximum absolute atomic E-state index is 13.8. The molecule has 0 bridgehead atoms. The first-order chi connectivity index (χ1) is 17.2. The molecule has 0 fully saturated rings. The summed E-state index contributed by atoms with van der Waals surface area (Å²) in [6.45, 7) is 12.4. The fraction of sp³-hybridized carbons (Fsp3) is 0.481. The van der Waals surface area contributed by atoms with Gasteiger partial charge < -0.3 is 9.64 Å². The van der Waals surface area contributed by atoms with E-state index in [2.05, 4.69) is 37.3 Å². The lowest BCUT2D eigenvalue weighted by Gasteiger charge is -2.29. The molecule has 0 aliphatic rings. The van der Waals surface area contributed by atoms with Gasteiger partial charge in [0.25, 0.3) is 0 Å². The first kappa shape index (κ1) is 29.3. The van der Waals surface area contributed by atoms with Gasteiger partial charge in [0, 0.05) is 24.3 Å². The highest BCUT2D eigenvalue weighted by atomic mass is 32.2. The van der Waals surface area contributed by atoms with E-state index in [-0.39, 0.29) is 18.0 Å². The lowest BCUT2D eigenvalue weighted by atomic mass is 10.1. The number of benzene rings is 2. The quantitative estimate of drug-likeness (QED) is 0.240. The average Bonchev–Trinajstić information content (AvgIpc) is 3.11. The predicted octanol–water partition coefficient (Wildman–Crippen LogP) is 7.06. The highest BCUT2D eigenvalue weighted by Crippen LogP contribution is 2.39. The molecule has 0 spiro atoms. The molecular weight excluding hydrogens is 521 g/mol. The summed E-state index contributed by atoms with van der Waals surface area (Å²) < 4.78 is 71.7. The number of alkyl halides is 3. The van der Waals surface area contributed by atoms with Gasteiger partial charge in [0.2, 0.25) is 10.0 Å². The summed E-state index contributed by atoms with van der Waals surface area (Å²) in [7, 11) is -3.76. The fourth-order valence-electron chi connectivity index (χ4n) is 4.30. The minimum absolute atomic E-state index is 0.0106. The molecule has 37 heavy (non-hydrogen) atoms. The van der Waals surface area contributed by atoms with Crippen LogP contribution in [0.5, 0.6) is 5.75 Å². The molecule has 0 aliphatic carbocycles. The Morgan fingerprint density at radius 1 is 0.946 bits per heavy atom. The van der Waals surface area contributed by atoms with Gasteiger partial charge in [-0.1, -0.05) is 58.0 Å². The summed E-state index contributed by atoms with van der Waals surface area (Å²) in [5.74, 6) is 0.399. The van der Waals surface area contributed by atoms with E-state index in [0.717, 1.165) is 28.7 Å². The van der Waals surface area contributed by atoms with Crippen LogP contribution in [0, 0.1) is 18.8 Å². The lowest BCUT2D eigenvalue weighted by Crippen LogP contribution is -2.40. The number of sulfonamides is 1. The molecule has 0 aliphatic heterocycles. The molecule has 5 nitrogen and oxygen atoms in total. The number of anilines is 1. The maximum Gasteiger partial charge on any atom is 0.573 e. The van der Waals surface area contributed by atoms with Crippen molar-refractivity contribution in [3.63, 3.8) is 0 Å². The van der Waals surface area contributed by atoms with Crippen molar-refractivity contribution >= 4 is 36.4 Å². The van der Waals surface area contributed by atoms with Crippen LogP contribution in [-0.4, -0.2) is 45.1 Å². The average molecular weight is 557 g/mol. The van der Waals surface area contributed by atoms with E-state index in [1.165, 1.54) is 39.9 Å². The molecule has 0 radical (unpaired) electrons. The summed E-state index contributed by atoms with van der Waals surface area (Å²) in [4.78, 5) is 2.19. The molecule has 0 saturated heterocycles. The van der Waals surface area contributed by atoms with Gasteiger partial charge in [0.05, 0.1) is 12.3 Å². The summed E-state index contributed by atoms with van der Waals surface area (Å²) in [5, 5.41) is 1.61. The van der Waals surface area contributed by atoms with E-state index < -0.39 is 16.4 Å². The second kappa shape index (κ2) is 12.0. The largest absolute Gasteiger partial charge is 0.573 e. The zero-order valence-electron chi connectivity index (χ0n) is 21.9. The third-order valence-electron chi connectivity index (χ3n) is 5.78. The van der Waals surface area contributed by atoms with E-state index in [1.807, 2.05) is 31.2 Å². The Balaban J connectivity index is 1.93. The number of rotatable bonds is 12. The second-order valence-corrected chi connectivity index (χ2v) is 13.1. The van der Waals surface area contributed by atoms with Gasteiger partial charge in [0.1, 0.15) is 10.8 Å². The van der Waals surface area contributed by atoms with Gasteiger partial charge in [-0.25, -0.2) is 8.42 Å². The van der Waals surface area contributed by atoms with Crippen molar-refractivity contribution in [1.29, 1.82) is 0 Å². The number of fused-ring (bicyclic) bond motifs is 1. The molecule has 10 heteroatoms. The molecule has 0 atom stereocenters. The van der Waals surface area contributed by atoms with Gasteiger partial charge in [-0.2, -0.15) is 0 Å². The van der Waals surface area contributed by atoms with Gasteiger partial charge in [-0.15, -0.1) is 24.5 Å². The van der Waals surface area contributed by atoms with E-state index in [1.54, 1.807) is 0 Å². The molecule has 3 aromatic rings. The molecule has 2 aromatic carbocycles. The van der Waals surface area contributed by atoms with E-state index in [9.17, 15) is 21.6 Å². The van der Waals surface area contributed by atoms with E-state index in [4.69, 9.17) is 0 Å². The Morgan fingerprint density at radius 3 is 2.08 bits per heavy atom. The lowest BCUT2D eigenvalue weighted by molar-refractivity contribution is -0.274. The zero-order chi connectivity index (χ0) is 27.4. The van der Waals surface area contributed by atoms with Crippen LogP contribution in [0.25, 0.3) is 10.1 Å². The normalized spacial score (nSPS) is 12.7. The Labute approximate surface area is 221 Å². The van der Waals surface area contributed by atoms with Crippen LogP contribution in [0.3, 0.4) is 0 Å². The van der Waals surface area contributed by atoms with Gasteiger partial charge in [0.15, 0.2) is 0 Å². The second-order valence-electron chi connectivity index (χ2n) is 10.1. The molecule has 1 aromatic heterocycles. The number of ether oxygens (including phenoxy) is 1. The van der Waals surface area contributed by atoms with Crippen molar-refractivity contribution in [3.8, 4) is 5.75 Å². The highest BCUT2D eigenvalue weighted by Gasteiger charge is 2.31. The highest BCUT2D eigenvalue weighted by molar-refractivity contribution is 7.93. The monoisotopic (exact) mass is 556 g/mol. The standard InChI is InChI=1S/C27H35F3N2O3S2/c1-19(2)16-31(17-20(3)4)14-15-37(33,34)32(26-21(5)24-8-6-7-9-25(24)36-26)18-22-10-12-23(13-11-22)35-27(28,29)30/h6-13,19-20H,14-18H2,1-5H3. The third-order valence-corrected chi connectivity index (χ3v) is 8.87. The number of halogens is 3. The van der Waals surface area contributed by atoms with Crippen LogP contribution in [0.15, 0.2) is 48.5 Å². The van der Waals surface area contributed by atoms with E-state index in [0.29, 0.717) is 28.9 Å². The van der Waals surface area contributed by atoms with Crippen molar-refractivity contribution in [2.75, 3.05) is 29.7 Å². The van der Waals surface area contributed by atoms with E-state index >= 15 is 0 Å². The Bertz CT molecular complexity index is 1260. The first-order valence-corrected chi connectivity index (χ1v) is 14.7. The molecule has 0 N–H and O–H groups in total. The molecule has 204 valence electrons. The Hall–Kier alpha value is -2.30. The van der Waals surface area contributed by atoms with Gasteiger partial charge in [-0.3, -0.25) is 4.31 Å². The van der Waals surface area contributed by atoms with Crippen LogP contribution < -0.4 is 9.04 Å². The smallest absolute Gasteiger partial charge is 0.406 e. The fourth-order valence-corrected chi connectivity index (χ4v) is 7.32. The van der Waals surface area contributed by atoms with Crippen LogP contribution in [-0.2, 0) is 16.6 Å². The Morgan fingerprint density at radius 2 is 1.54 bits per heavy atom. The van der Waals surface area contributed by atoms with Crippen molar-refractivity contribution in [1.82, 2.24) is 4.90 Å². The number of hydrogen-bond acceptors (Lipinski definition) is 5. The van der Waals surface area contributed by atoms with Crippen molar-refractivity contribution in [2.24, 2.45) is 11.8 Å². The van der Waals surface area contributed by atoms with Crippen LogP contribution in [0.4, 0.5) is 18.2 Å². The summed E-state index contributed by atoms with van der Waals surface area (Å²) in [6, 6.07) is 13.1. The van der Waals surface area contributed by atoms with Crippen molar-refractivity contribution in [2.45, 2.75) is 47.5 Å². The number of thiophene rings is 1. The summed E-state index contributed by atoms with van der Waals surface area (Å²) in [5.41, 5.74) is 1.43. The molecular formula is C27H35F3N2O3S2. The van der Waals surface area contributed by atoms with Crippen LogP contribution >= 0.6 is 11.3 Å². The number of aryl methyl sites for hydroxylation is 1. The van der Waals surface area contributed by atoms with Gasteiger partial charge >= 0.3 is 6.36 Å². The predicted molar refractivity (Wildman–Crippen MR) is 146 cm³/mol. The summed E-state index contributed by atoms with van der Waals surface area (Å²) in [6.07, 6.45) is -4.79. The topological polar surface area (TPSA) is 49.9 Å². The van der Waals surface area contributed by atoms with Crippen molar-refractivity contribution in [3.05, 3.63) is 59.7 Å². The van der Waals surface area contributed by atoms with Crippen molar-refractivity contribution < 1.29 is 26.3 Å². The van der Waals surface area contributed by atoms with Gasteiger partial charge in [-0.05, 0) is 53.5 Å². The number of nitrogens with zero attached hydrogens (tertiary/aromatic N) is 2. The molecule has 0 unspecified atom stereocenters. The zero-order valence-corrected chi connectivity index (χ0v) is 23.5. The first-order valence-electron chi connectivity index (χ1n) is 12.3. The molecule has 0 saturated carbocycles. The maximum atomic E-state index is 13.8. The molecule has 0 amide bonds. The minimum Gasteiger partial charge on any atom is -0.406 e. The minimum atomic E-state index is -4.79. The molecule has 3 rings (SSSR count). The Kier molecular flexibility index (Phi) is 9.52. The summed E-state index contributed by atoms with van der Waals surface area (Å²) >= 11 is 1.40. The SMILES string of the molecule is Cc1c(N(Cc2ccc(OC(F)(F)F)cc2)S(=O)(=O)CCN(CC(C)C)CC(C)C)sc2ccccc12.